The normalized spacial score (nSPS) is 11.3. The molecule has 0 heterocycles. The fraction of sp³-hybridized carbons (Fsp3) is 0.810. The van der Waals surface area contributed by atoms with E-state index in [4.69, 9.17) is 58.7 Å². The smallest absolute Gasteiger partial charge is 0.546 e. The van der Waals surface area contributed by atoms with Gasteiger partial charge in [-0.2, -0.15) is 0 Å². The van der Waals surface area contributed by atoms with Gasteiger partial charge in [0.25, 0.3) is 0 Å². The van der Waals surface area contributed by atoms with Crippen molar-refractivity contribution in [2.45, 2.75) is 576 Å². The first-order valence-corrected chi connectivity index (χ1v) is 57.3. The van der Waals surface area contributed by atoms with Crippen LogP contribution in [0.2, 0.25) is 0 Å². The zero-order valence-corrected chi connectivity index (χ0v) is 99.9. The molecule has 0 radical (unpaired) electrons. The zero-order chi connectivity index (χ0) is 112. The van der Waals surface area contributed by atoms with Crippen molar-refractivity contribution >= 4 is 95.5 Å². The molecule has 0 aromatic rings. The van der Waals surface area contributed by atoms with Crippen LogP contribution in [0.25, 0.3) is 0 Å². The Kier molecular flexibility index (Phi) is 139. The van der Waals surface area contributed by atoms with E-state index < -0.39 is 120 Å². The van der Waals surface area contributed by atoms with Crippen molar-refractivity contribution in [1.82, 2.24) is 0 Å². The standard InChI is InChI=1S/C24H44O6.C22H40O4.C18H32O6.C16H30O4.C16H28O4.C10H18O4.C10H16O4.2Na/c1-4-5-6-7-8-9-10-11-12-13-14-15-16-17-18-19-22(25)29-21(3)24(28)30-20(2)23(26)27;1-2-3-4-5-6-7-8-9-10-11-12-13-14-15-16-17-20-26-22(25)19-18-21(23)24;1-4-5-6-7-8-9-10-11-12-13-16(19)23-15(3)18(22)24-14(2)17(20)21;2*1-2-3-4-5-6-7-8-9-10-11-14-20-16(19)13-12-15(17)18;2*1-2-3-4-5-8-14-10(13)7-6-9(11)12;;/h20-21H,4-19H2,1-3H3,(H,26,27);18-19H,2-17,20H2,1H3,(H,23,24);14-15H,4-13H2,1-3H3,(H,20,21);2-14H2,1H3,(H,17,18);12-13H,2-11,14H2,1H3,(H,17,18);2-8H2,1H3,(H,11,12);6-7H,2-5,8H2,1H3,(H,11,12);;/q;;;;;;;2*+1/p-2/b;19-18-;;;13-12-;;7-6-;;. The van der Waals surface area contributed by atoms with Crippen LogP contribution in [0.3, 0.4) is 0 Å². The van der Waals surface area contributed by atoms with Gasteiger partial charge < -0.3 is 88.0 Å². The average Bonchev–Trinajstić information content (AvgIpc) is 0.923. The van der Waals surface area contributed by atoms with E-state index in [-0.39, 0.29) is 97.6 Å². The maximum Gasteiger partial charge on any atom is 1.00 e. The predicted molar refractivity (Wildman–Crippen MR) is 574 cm³/mol. The van der Waals surface area contributed by atoms with Crippen molar-refractivity contribution in [1.29, 1.82) is 0 Å². The van der Waals surface area contributed by atoms with Gasteiger partial charge in [-0.05, 0) is 72.6 Å². The monoisotopic (exact) mass is 2160 g/mol. The molecule has 0 aromatic carbocycles. The third-order valence-corrected chi connectivity index (χ3v) is 23.4. The van der Waals surface area contributed by atoms with Gasteiger partial charge in [-0.25, -0.2) is 38.4 Å². The molecule has 5 N–H and O–H groups in total. The van der Waals surface area contributed by atoms with E-state index in [2.05, 4.69) is 57.9 Å². The van der Waals surface area contributed by atoms with Gasteiger partial charge in [0.1, 0.15) is 12.2 Å². The summed E-state index contributed by atoms with van der Waals surface area (Å²) in [6, 6.07) is 0. The minimum absolute atomic E-state index is 0. The molecule has 4 atom stereocenters. The second-order valence-electron chi connectivity index (χ2n) is 37.9. The fourth-order valence-electron chi connectivity index (χ4n) is 14.4. The summed E-state index contributed by atoms with van der Waals surface area (Å²) in [5, 5.41) is 62.7. The third-order valence-electron chi connectivity index (χ3n) is 23.4. The van der Waals surface area contributed by atoms with E-state index in [1.807, 2.05) is 0 Å². The molecule has 0 aliphatic rings. The predicted octanol–water partition coefficient (Wildman–Crippen LogP) is 20.0. The molecule has 0 saturated carbocycles. The van der Waals surface area contributed by atoms with Gasteiger partial charge in [-0.3, -0.25) is 28.8 Å². The van der Waals surface area contributed by atoms with E-state index in [9.17, 15) is 86.9 Å². The second kappa shape index (κ2) is 130. The molecule has 32 nitrogen and oxygen atoms in total. The van der Waals surface area contributed by atoms with Crippen LogP contribution in [-0.4, -0.2) is 178 Å². The summed E-state index contributed by atoms with van der Waals surface area (Å²) in [5.74, 6) is -13.6. The second-order valence-corrected chi connectivity index (χ2v) is 37.9. The van der Waals surface area contributed by atoms with Gasteiger partial charge in [-0.15, -0.1) is 0 Å². The van der Waals surface area contributed by atoms with Crippen molar-refractivity contribution in [3.63, 3.8) is 0 Å². The summed E-state index contributed by atoms with van der Waals surface area (Å²) >= 11 is 0. The maximum absolute atomic E-state index is 11.8. The molecule has 0 aliphatic heterocycles. The summed E-state index contributed by atoms with van der Waals surface area (Å²) in [6.45, 7) is 22.4. The largest absolute Gasteiger partial charge is 1.00 e. The van der Waals surface area contributed by atoms with Crippen LogP contribution < -0.4 is 69.3 Å². The van der Waals surface area contributed by atoms with Crippen molar-refractivity contribution in [2.75, 3.05) is 33.0 Å². The van der Waals surface area contributed by atoms with Crippen LogP contribution in [0.5, 0.6) is 0 Å². The number of carbonyl (C=O) groups excluding carboxylic acids is 11. The number of unbranched alkanes of at least 4 members (excludes halogenated alkanes) is 61. The van der Waals surface area contributed by atoms with E-state index in [1.165, 1.54) is 336 Å². The Hall–Kier alpha value is -7.26. The Balaban J connectivity index is -0.000000223. The molecule has 0 spiro atoms. The molecule has 0 rings (SSSR count). The molecule has 0 fully saturated rings. The first kappa shape index (κ1) is 160. The molecule has 0 aromatic heterocycles. The number of aliphatic carboxylic acids is 7. The molecular formula is C116H206Na2O32. The average molecular weight is 2160 g/mol. The van der Waals surface area contributed by atoms with Crippen LogP contribution >= 0.6 is 0 Å². The molecule has 0 aliphatic carbocycles. The molecule has 150 heavy (non-hydrogen) atoms. The van der Waals surface area contributed by atoms with Crippen LogP contribution in [0.1, 0.15) is 551 Å². The number of carboxylic acids is 7. The first-order chi connectivity index (χ1) is 71.1. The SMILES string of the molecule is CCCCCCCCCCCC(=O)OC(C)C(=O)OC(C)C(=O)[O-].CCCCCCCCCCCCCCCCCC(=O)OC(C)C(=O)OC(C)C(=O)[O-].CCCCCCCCCCCCCCCCCCOC(=O)/C=C\C(=O)O.CCCCCCCCCCCCOC(=O)/C=C\C(=O)O.CCCCCCCCCCCCOC(=O)CCC(=O)O.CCCCCCOC(=O)/C=C\C(=O)O.CCCCCCOC(=O)CCC(=O)O.[Na+].[Na+]. The van der Waals surface area contributed by atoms with E-state index in [0.717, 1.165) is 165 Å². The Morgan fingerprint density at radius 3 is 0.520 bits per heavy atom. The van der Waals surface area contributed by atoms with Crippen LogP contribution in [0, 0.1) is 0 Å². The van der Waals surface area contributed by atoms with Gasteiger partial charge in [0.05, 0.1) is 70.7 Å². The molecule has 0 bridgehead atoms. The van der Waals surface area contributed by atoms with E-state index >= 15 is 0 Å². The maximum atomic E-state index is 11.8. The Morgan fingerprint density at radius 1 is 0.193 bits per heavy atom. The molecule has 0 amide bonds. The molecule has 4 unspecified atom stereocenters. The fourth-order valence-corrected chi connectivity index (χ4v) is 14.4. The third kappa shape index (κ3) is 147. The molecule has 34 heteroatoms. The summed E-state index contributed by atoms with van der Waals surface area (Å²) in [4.78, 5) is 173. The number of esters is 9. The molecule has 864 valence electrons. The number of ether oxygens (including phenoxy) is 9. The van der Waals surface area contributed by atoms with Crippen molar-refractivity contribution < 1.29 is 214 Å². The minimum atomic E-state index is -1.49. The summed E-state index contributed by atoms with van der Waals surface area (Å²) in [7, 11) is 0. The van der Waals surface area contributed by atoms with Crippen LogP contribution in [0.4, 0.5) is 0 Å². The Labute approximate surface area is 948 Å². The minimum Gasteiger partial charge on any atom is -0.546 e. The van der Waals surface area contributed by atoms with Gasteiger partial charge in [0.15, 0.2) is 12.2 Å². The van der Waals surface area contributed by atoms with Gasteiger partial charge in [0.2, 0.25) is 0 Å². The Bertz CT molecular complexity index is 3310. The van der Waals surface area contributed by atoms with Gasteiger partial charge in [-0.1, -0.05) is 440 Å². The number of hydrogen-bond donors (Lipinski definition) is 5. The quantitative estimate of drug-likeness (QED) is 0.0124. The Morgan fingerprint density at radius 2 is 0.353 bits per heavy atom. The number of rotatable bonds is 95. The summed E-state index contributed by atoms with van der Waals surface area (Å²) in [6.07, 6.45) is 83.6. The molecule has 0 saturated heterocycles. The van der Waals surface area contributed by atoms with Crippen molar-refractivity contribution in [3.8, 4) is 0 Å². The number of hydrogen-bond acceptors (Lipinski definition) is 27. The number of carbonyl (C=O) groups is 16. The van der Waals surface area contributed by atoms with Crippen LogP contribution in [0.15, 0.2) is 36.5 Å². The van der Waals surface area contributed by atoms with Crippen LogP contribution in [-0.2, 0) is 119 Å². The molecular weight excluding hydrogens is 1950 g/mol. The summed E-state index contributed by atoms with van der Waals surface area (Å²) < 4.78 is 43.5. The number of carboxylic acid groups (broad SMARTS) is 7. The van der Waals surface area contributed by atoms with Gasteiger partial charge in [0, 0.05) is 49.3 Å². The topological polar surface area (TPSA) is 503 Å². The zero-order valence-electron chi connectivity index (χ0n) is 95.9. The van der Waals surface area contributed by atoms with E-state index in [0.29, 0.717) is 33.0 Å². The van der Waals surface area contributed by atoms with Crippen molar-refractivity contribution in [2.24, 2.45) is 0 Å². The first-order valence-electron chi connectivity index (χ1n) is 57.3. The summed E-state index contributed by atoms with van der Waals surface area (Å²) in [5.41, 5.74) is 0. The van der Waals surface area contributed by atoms with E-state index in [1.54, 1.807) is 0 Å². The van der Waals surface area contributed by atoms with Crippen molar-refractivity contribution in [3.05, 3.63) is 36.5 Å². The van der Waals surface area contributed by atoms with Gasteiger partial charge >= 0.3 is 143 Å².